The maximum atomic E-state index is 12.6. The van der Waals surface area contributed by atoms with E-state index < -0.39 is 17.5 Å². The van der Waals surface area contributed by atoms with Crippen LogP contribution >= 0.6 is 35.7 Å². The molecule has 2 aliphatic rings. The van der Waals surface area contributed by atoms with Gasteiger partial charge in [0.05, 0.1) is 33.5 Å². The van der Waals surface area contributed by atoms with Gasteiger partial charge in [0.15, 0.2) is 0 Å². The van der Waals surface area contributed by atoms with Gasteiger partial charge in [-0.05, 0) is 33.8 Å². The largest absolute Gasteiger partial charge is 0.462 e. The Labute approximate surface area is 195 Å². The van der Waals surface area contributed by atoms with E-state index in [-0.39, 0.29) is 28.9 Å². The number of carbonyl (C=O) groups is 3. The zero-order chi connectivity index (χ0) is 22.9. The number of nitrogens with zero attached hydrogens (tertiary/aromatic N) is 1. The number of thioether (sulfide) groups is 2. The molecule has 164 valence electrons. The minimum absolute atomic E-state index is 0.117. The first-order chi connectivity index (χ1) is 14.6. The molecular formula is C22H23NO5S3. The predicted octanol–water partition coefficient (Wildman–Crippen LogP) is 4.69. The van der Waals surface area contributed by atoms with Crippen molar-refractivity contribution in [1.29, 1.82) is 0 Å². The van der Waals surface area contributed by atoms with E-state index in [9.17, 15) is 14.4 Å². The van der Waals surface area contributed by atoms with Gasteiger partial charge in [-0.3, -0.25) is 4.79 Å². The quantitative estimate of drug-likeness (QED) is 0.351. The molecule has 31 heavy (non-hydrogen) atoms. The van der Waals surface area contributed by atoms with Crippen LogP contribution in [0.5, 0.6) is 0 Å². The summed E-state index contributed by atoms with van der Waals surface area (Å²) in [5.74, 6) is -1.26. The molecule has 1 aromatic rings. The molecule has 0 bridgehead atoms. The number of hydrogen-bond donors (Lipinski definition) is 0. The lowest BCUT2D eigenvalue weighted by Gasteiger charge is -2.44. The monoisotopic (exact) mass is 477 g/mol. The first-order valence-electron chi connectivity index (χ1n) is 9.78. The highest BCUT2D eigenvalue weighted by atomic mass is 32.2. The van der Waals surface area contributed by atoms with Gasteiger partial charge < -0.3 is 14.4 Å². The molecule has 0 saturated carbocycles. The standard InChI is InChI=1S/C22H23NO5S3/c1-6-27-19(25)16-17(20(26)28-7-2)31-21(30-16)15-13-10-8-9-11-14(13)23(12(3)24)22(4,5)18(15)29/h8-11H,6-7H2,1-5H3. The third-order valence-electron chi connectivity index (χ3n) is 4.79. The molecule has 6 nitrogen and oxygen atoms in total. The van der Waals surface area contributed by atoms with Crippen molar-refractivity contribution in [3.8, 4) is 0 Å². The number of rotatable bonds is 4. The number of esters is 2. The van der Waals surface area contributed by atoms with Gasteiger partial charge >= 0.3 is 11.9 Å². The number of amides is 1. The van der Waals surface area contributed by atoms with Gasteiger partial charge in [-0.25, -0.2) is 9.59 Å². The lowest BCUT2D eigenvalue weighted by atomic mass is 9.83. The number of hydrogen-bond acceptors (Lipinski definition) is 8. The second-order valence-corrected chi connectivity index (χ2v) is 9.93. The molecule has 1 aromatic carbocycles. The van der Waals surface area contributed by atoms with E-state index in [1.165, 1.54) is 6.92 Å². The maximum Gasteiger partial charge on any atom is 0.346 e. The summed E-state index contributed by atoms with van der Waals surface area (Å²) in [7, 11) is 0. The molecule has 2 aliphatic heterocycles. The SMILES string of the molecule is CCOC(=O)C1=C(C(=O)OCC)SC(=C2C(=S)C(C)(C)N(C(C)=O)c3ccccc32)S1. The fourth-order valence-electron chi connectivity index (χ4n) is 3.54. The van der Waals surface area contributed by atoms with Crippen molar-refractivity contribution in [2.75, 3.05) is 18.1 Å². The topological polar surface area (TPSA) is 72.9 Å². The zero-order valence-corrected chi connectivity index (χ0v) is 20.4. The van der Waals surface area contributed by atoms with Crippen LogP contribution in [0.3, 0.4) is 0 Å². The molecule has 0 fully saturated rings. The Morgan fingerprint density at radius 2 is 1.52 bits per heavy atom. The zero-order valence-electron chi connectivity index (χ0n) is 17.9. The van der Waals surface area contributed by atoms with E-state index in [0.717, 1.165) is 40.3 Å². The molecule has 2 heterocycles. The molecule has 0 radical (unpaired) electrons. The van der Waals surface area contributed by atoms with Crippen LogP contribution in [0.25, 0.3) is 5.57 Å². The van der Waals surface area contributed by atoms with Crippen molar-refractivity contribution in [1.82, 2.24) is 0 Å². The first kappa shape index (κ1) is 23.6. The van der Waals surface area contributed by atoms with Crippen molar-refractivity contribution in [2.24, 2.45) is 0 Å². The van der Waals surface area contributed by atoms with Gasteiger partial charge in [-0.15, -0.1) is 0 Å². The van der Waals surface area contributed by atoms with Gasteiger partial charge in [0.2, 0.25) is 5.91 Å². The van der Waals surface area contributed by atoms with E-state index in [1.807, 2.05) is 38.1 Å². The fourth-order valence-corrected chi connectivity index (χ4v) is 6.52. The van der Waals surface area contributed by atoms with Gasteiger partial charge in [-0.1, -0.05) is 53.9 Å². The van der Waals surface area contributed by atoms with E-state index in [4.69, 9.17) is 21.7 Å². The number of anilines is 1. The summed E-state index contributed by atoms with van der Waals surface area (Å²) in [6, 6.07) is 7.50. The van der Waals surface area contributed by atoms with Gasteiger partial charge in [-0.2, -0.15) is 0 Å². The van der Waals surface area contributed by atoms with E-state index in [0.29, 0.717) is 9.10 Å². The summed E-state index contributed by atoms with van der Waals surface area (Å²) in [4.78, 5) is 40.2. The molecule has 1 amide bonds. The number of carbonyl (C=O) groups excluding carboxylic acids is 3. The molecule has 0 saturated heterocycles. The smallest absolute Gasteiger partial charge is 0.346 e. The predicted molar refractivity (Wildman–Crippen MR) is 129 cm³/mol. The van der Waals surface area contributed by atoms with Gasteiger partial charge in [0.25, 0.3) is 0 Å². The van der Waals surface area contributed by atoms with E-state index in [1.54, 1.807) is 18.7 Å². The van der Waals surface area contributed by atoms with Crippen molar-refractivity contribution in [3.05, 3.63) is 43.9 Å². The fraction of sp³-hybridized carbons (Fsp3) is 0.364. The third-order valence-corrected chi connectivity index (χ3v) is 8.05. The van der Waals surface area contributed by atoms with Crippen LogP contribution in [0.15, 0.2) is 38.3 Å². The van der Waals surface area contributed by atoms with E-state index in [2.05, 4.69) is 0 Å². The molecule has 0 N–H and O–H groups in total. The van der Waals surface area contributed by atoms with Crippen LogP contribution in [0.2, 0.25) is 0 Å². The van der Waals surface area contributed by atoms with Crippen molar-refractivity contribution >= 4 is 69.7 Å². The summed E-state index contributed by atoms with van der Waals surface area (Å²) in [5, 5.41) is 0. The molecule has 9 heteroatoms. The number of fused-ring (bicyclic) bond motifs is 1. The Kier molecular flexibility index (Phi) is 6.98. The summed E-state index contributed by atoms with van der Waals surface area (Å²) in [5.41, 5.74) is 1.49. The highest BCUT2D eigenvalue weighted by Crippen LogP contribution is 2.56. The Morgan fingerprint density at radius 1 is 1.00 bits per heavy atom. The molecule has 0 aromatic heterocycles. The van der Waals surface area contributed by atoms with Crippen LogP contribution < -0.4 is 4.90 Å². The van der Waals surface area contributed by atoms with Crippen LogP contribution in [-0.4, -0.2) is 41.5 Å². The Balaban J connectivity index is 2.18. The summed E-state index contributed by atoms with van der Waals surface area (Å²) < 4.78 is 11.0. The van der Waals surface area contributed by atoms with Crippen LogP contribution in [0.4, 0.5) is 5.69 Å². The lowest BCUT2D eigenvalue weighted by Crippen LogP contribution is -2.55. The average molecular weight is 478 g/mol. The second-order valence-electron chi connectivity index (χ2n) is 7.23. The molecular weight excluding hydrogens is 454 g/mol. The lowest BCUT2D eigenvalue weighted by molar-refractivity contribution is -0.140. The second kappa shape index (κ2) is 9.18. The normalized spacial score (nSPS) is 17.6. The number of para-hydroxylation sites is 1. The molecule has 0 spiro atoms. The summed E-state index contributed by atoms with van der Waals surface area (Å²) in [6.45, 7) is 9.10. The number of thiocarbonyl (C=S) groups is 1. The highest BCUT2D eigenvalue weighted by molar-refractivity contribution is 8.29. The minimum Gasteiger partial charge on any atom is -0.462 e. The van der Waals surface area contributed by atoms with Crippen molar-refractivity contribution < 1.29 is 23.9 Å². The van der Waals surface area contributed by atoms with Crippen LogP contribution in [0, 0.1) is 0 Å². The molecule has 0 aliphatic carbocycles. The van der Waals surface area contributed by atoms with Crippen LogP contribution in [-0.2, 0) is 23.9 Å². The Bertz CT molecular complexity index is 1010. The van der Waals surface area contributed by atoms with Crippen molar-refractivity contribution in [3.63, 3.8) is 0 Å². The first-order valence-corrected chi connectivity index (χ1v) is 11.8. The summed E-state index contributed by atoms with van der Waals surface area (Å²) >= 11 is 8.18. The molecule has 0 unspecified atom stereocenters. The Morgan fingerprint density at radius 3 is 2.00 bits per heavy atom. The van der Waals surface area contributed by atoms with E-state index >= 15 is 0 Å². The van der Waals surface area contributed by atoms with Gasteiger partial charge in [0, 0.05) is 18.1 Å². The third kappa shape index (κ3) is 4.18. The summed E-state index contributed by atoms with van der Waals surface area (Å²) in [6.07, 6.45) is 0. The number of benzene rings is 1. The number of ether oxygens (including phenoxy) is 2. The highest BCUT2D eigenvalue weighted by Gasteiger charge is 2.45. The average Bonchev–Trinajstić information content (AvgIpc) is 3.14. The molecule has 3 rings (SSSR count). The minimum atomic E-state index is -0.768. The molecule has 0 atom stereocenters. The van der Waals surface area contributed by atoms with Crippen LogP contribution in [0.1, 0.15) is 40.2 Å². The maximum absolute atomic E-state index is 12.6. The van der Waals surface area contributed by atoms with Crippen molar-refractivity contribution in [2.45, 2.75) is 40.2 Å². The van der Waals surface area contributed by atoms with Gasteiger partial charge in [0.1, 0.15) is 9.81 Å². The Hall–Kier alpha value is -2.10.